The van der Waals surface area contributed by atoms with E-state index >= 15 is 0 Å². The Kier molecular flexibility index (Phi) is 10.6. The van der Waals surface area contributed by atoms with Crippen molar-refractivity contribution in [2.75, 3.05) is 49.1 Å². The number of hydrogen-bond acceptors (Lipinski definition) is 11. The minimum atomic E-state index is -0.615. The molecule has 0 aliphatic carbocycles. The molecular formula is C33H52N8O5. The van der Waals surface area contributed by atoms with Gasteiger partial charge in [0, 0.05) is 45.1 Å². The molecular weight excluding hydrogens is 588 g/mol. The van der Waals surface area contributed by atoms with Crippen molar-refractivity contribution < 1.29 is 23.6 Å². The third kappa shape index (κ3) is 8.58. The first-order valence-electron chi connectivity index (χ1n) is 16.9. The number of carbonyl (C=O) groups is 2. The van der Waals surface area contributed by atoms with Gasteiger partial charge in [-0.2, -0.15) is 4.98 Å². The van der Waals surface area contributed by atoms with E-state index in [1.807, 2.05) is 30.6 Å². The second kappa shape index (κ2) is 14.4. The highest BCUT2D eigenvalue weighted by molar-refractivity contribution is 5.78. The molecule has 254 valence electrons. The summed E-state index contributed by atoms with van der Waals surface area (Å²) in [6.07, 6.45) is 7.51. The van der Waals surface area contributed by atoms with Gasteiger partial charge in [-0.25, -0.2) is 14.8 Å². The summed E-state index contributed by atoms with van der Waals surface area (Å²) in [5.41, 5.74) is -0.615. The second-order valence-corrected chi connectivity index (χ2v) is 14.7. The quantitative estimate of drug-likeness (QED) is 0.388. The third-order valence-corrected chi connectivity index (χ3v) is 9.40. The molecule has 0 unspecified atom stereocenters. The fourth-order valence-corrected chi connectivity index (χ4v) is 6.61. The molecule has 0 radical (unpaired) electrons. The Bertz CT molecular complexity index is 1300. The number of piperidine rings is 2. The van der Waals surface area contributed by atoms with Gasteiger partial charge in [0.15, 0.2) is 11.6 Å². The van der Waals surface area contributed by atoms with Crippen LogP contribution in [-0.4, -0.2) is 94.0 Å². The van der Waals surface area contributed by atoms with Crippen LogP contribution in [0.5, 0.6) is 5.75 Å². The van der Waals surface area contributed by atoms with Crippen LogP contribution in [0, 0.1) is 17.8 Å². The van der Waals surface area contributed by atoms with E-state index in [-0.39, 0.29) is 23.9 Å². The van der Waals surface area contributed by atoms with Crippen molar-refractivity contribution >= 4 is 24.0 Å². The fraction of sp³-hybridized carbons (Fsp3) is 0.758. The van der Waals surface area contributed by atoms with E-state index in [4.69, 9.17) is 14.0 Å². The number of alkyl carbamates (subject to hydrolysis) is 1. The molecule has 13 nitrogen and oxygen atoms in total. The number of ether oxygens (including phenoxy) is 2. The van der Waals surface area contributed by atoms with Gasteiger partial charge in [0.25, 0.3) is 0 Å². The van der Waals surface area contributed by atoms with E-state index in [2.05, 4.69) is 58.0 Å². The highest BCUT2D eigenvalue weighted by atomic mass is 16.6. The normalized spacial score (nSPS) is 23.6. The van der Waals surface area contributed by atoms with Crippen LogP contribution >= 0.6 is 0 Å². The third-order valence-electron chi connectivity index (χ3n) is 9.40. The van der Waals surface area contributed by atoms with Crippen molar-refractivity contribution in [2.45, 2.75) is 104 Å². The minimum Gasteiger partial charge on any atom is -0.490 e. The molecule has 5 heterocycles. The summed E-state index contributed by atoms with van der Waals surface area (Å²) < 4.78 is 17.1. The number of anilines is 2. The van der Waals surface area contributed by atoms with Gasteiger partial charge in [-0.05, 0) is 64.2 Å². The minimum absolute atomic E-state index is 0.123. The molecule has 3 fully saturated rings. The topological polar surface area (TPSA) is 139 Å². The maximum atomic E-state index is 13.0. The van der Waals surface area contributed by atoms with Crippen LogP contribution in [0.2, 0.25) is 0 Å². The summed E-state index contributed by atoms with van der Waals surface area (Å²) in [4.78, 5) is 45.6. The number of carbonyl (C=O) groups excluding carboxylic acids is 2. The van der Waals surface area contributed by atoms with Crippen LogP contribution in [0.3, 0.4) is 0 Å². The molecule has 0 bridgehead atoms. The average molecular weight is 641 g/mol. The first-order chi connectivity index (χ1) is 21.9. The molecule has 13 heteroatoms. The SMILES string of the molecule is CC(C)c1noc(N2CCC([C@H](C)CCOc3cnc(N4C[C@H](NC(=O)OC(C)(C)C)[C@@H](N5CC[C@@H](C)CC5=O)C4)nc3)CC2)n1. The van der Waals surface area contributed by atoms with Crippen LogP contribution < -0.4 is 19.9 Å². The van der Waals surface area contributed by atoms with Gasteiger partial charge in [-0.3, -0.25) is 4.79 Å². The van der Waals surface area contributed by atoms with E-state index in [1.54, 1.807) is 12.4 Å². The van der Waals surface area contributed by atoms with Gasteiger partial charge in [0.05, 0.1) is 31.1 Å². The Labute approximate surface area is 272 Å². The number of nitrogens with zero attached hydrogens (tertiary/aromatic N) is 7. The number of likely N-dealkylation sites (tertiary alicyclic amines) is 1. The van der Waals surface area contributed by atoms with Crippen molar-refractivity contribution in [1.29, 1.82) is 0 Å². The van der Waals surface area contributed by atoms with E-state index in [0.29, 0.717) is 68.1 Å². The van der Waals surface area contributed by atoms with Crippen LogP contribution in [0.25, 0.3) is 0 Å². The predicted molar refractivity (Wildman–Crippen MR) is 174 cm³/mol. The predicted octanol–water partition coefficient (Wildman–Crippen LogP) is 4.65. The van der Waals surface area contributed by atoms with Crippen molar-refractivity contribution in [2.24, 2.45) is 17.8 Å². The summed E-state index contributed by atoms with van der Waals surface area (Å²) in [6, 6.07) is 0.144. The summed E-state index contributed by atoms with van der Waals surface area (Å²) >= 11 is 0. The van der Waals surface area contributed by atoms with Gasteiger partial charge < -0.3 is 34.0 Å². The Hall–Kier alpha value is -3.64. The lowest BCUT2D eigenvalue weighted by Crippen LogP contribution is -2.55. The van der Waals surface area contributed by atoms with Gasteiger partial charge in [-0.15, -0.1) is 0 Å². The molecule has 0 spiro atoms. The van der Waals surface area contributed by atoms with Crippen molar-refractivity contribution in [3.63, 3.8) is 0 Å². The Morgan fingerprint density at radius 2 is 1.78 bits per heavy atom. The van der Waals surface area contributed by atoms with E-state index < -0.39 is 11.7 Å². The van der Waals surface area contributed by atoms with Gasteiger partial charge in [0.1, 0.15) is 5.60 Å². The highest BCUT2D eigenvalue weighted by Crippen LogP contribution is 2.30. The summed E-state index contributed by atoms with van der Waals surface area (Å²) in [6.45, 7) is 18.2. The monoisotopic (exact) mass is 640 g/mol. The number of hydrogen-bond donors (Lipinski definition) is 1. The van der Waals surface area contributed by atoms with Crippen LogP contribution in [0.1, 0.15) is 92.3 Å². The Morgan fingerprint density at radius 3 is 2.41 bits per heavy atom. The van der Waals surface area contributed by atoms with Gasteiger partial charge >= 0.3 is 12.1 Å². The molecule has 0 saturated carbocycles. The molecule has 3 aliphatic rings. The summed E-state index contributed by atoms with van der Waals surface area (Å²) in [5.74, 6) is 3.81. The smallest absolute Gasteiger partial charge is 0.408 e. The zero-order valence-electron chi connectivity index (χ0n) is 28.6. The lowest BCUT2D eigenvalue weighted by molar-refractivity contribution is -0.137. The zero-order chi connectivity index (χ0) is 33.0. The Balaban J connectivity index is 1.11. The molecule has 3 aliphatic heterocycles. The molecule has 0 aromatic carbocycles. The van der Waals surface area contributed by atoms with E-state index in [9.17, 15) is 9.59 Å². The van der Waals surface area contributed by atoms with Crippen molar-refractivity contribution in [3.05, 3.63) is 18.2 Å². The zero-order valence-corrected chi connectivity index (χ0v) is 28.6. The fourth-order valence-electron chi connectivity index (χ4n) is 6.61. The van der Waals surface area contributed by atoms with E-state index in [1.165, 1.54) is 0 Å². The summed E-state index contributed by atoms with van der Waals surface area (Å²) in [7, 11) is 0. The maximum Gasteiger partial charge on any atom is 0.408 e. The standard InChI is InChI=1S/C33H52N8O5/c1-21(2)29-37-31(46-38-29)39-12-9-24(10-13-39)23(4)11-15-44-25-17-34-30(35-18-25)40-19-26(36-32(43)45-33(5,6)7)27(20-40)41-14-8-22(3)16-28(41)42/h17-18,21-24,26-27H,8-16,19-20H2,1-7H3,(H,36,43)/t22-,23-,26+,27+/m1/s1. The maximum absolute atomic E-state index is 13.0. The highest BCUT2D eigenvalue weighted by Gasteiger charge is 2.42. The summed E-state index contributed by atoms with van der Waals surface area (Å²) in [5, 5.41) is 7.12. The molecule has 1 N–H and O–H groups in total. The molecule has 2 amide bonds. The van der Waals surface area contributed by atoms with Crippen molar-refractivity contribution in [3.8, 4) is 5.75 Å². The molecule has 2 aromatic rings. The molecule has 4 atom stereocenters. The lowest BCUT2D eigenvalue weighted by Gasteiger charge is -2.37. The average Bonchev–Trinajstić information content (AvgIpc) is 3.65. The van der Waals surface area contributed by atoms with Crippen LogP contribution in [-0.2, 0) is 9.53 Å². The first-order valence-corrected chi connectivity index (χ1v) is 16.9. The Morgan fingerprint density at radius 1 is 1.07 bits per heavy atom. The van der Waals surface area contributed by atoms with Crippen LogP contribution in [0.15, 0.2) is 16.9 Å². The van der Waals surface area contributed by atoms with Crippen LogP contribution in [0.4, 0.5) is 16.8 Å². The molecule has 3 saturated heterocycles. The number of amides is 2. The molecule has 5 rings (SSSR count). The number of rotatable bonds is 10. The molecule has 46 heavy (non-hydrogen) atoms. The second-order valence-electron chi connectivity index (χ2n) is 14.7. The van der Waals surface area contributed by atoms with Crippen molar-refractivity contribution in [1.82, 2.24) is 30.3 Å². The number of aromatic nitrogens is 4. The van der Waals surface area contributed by atoms with Gasteiger partial charge in [-0.1, -0.05) is 32.9 Å². The number of nitrogens with one attached hydrogen (secondary N) is 1. The first kappa shape index (κ1) is 33.7. The molecule has 2 aromatic heterocycles. The van der Waals surface area contributed by atoms with Gasteiger partial charge in [0.2, 0.25) is 11.9 Å². The van der Waals surface area contributed by atoms with E-state index in [0.717, 1.165) is 44.6 Å². The largest absolute Gasteiger partial charge is 0.490 e. The lowest BCUT2D eigenvalue weighted by atomic mass is 9.84.